The average molecular weight is 531 g/mol. The van der Waals surface area contributed by atoms with E-state index in [-0.39, 0.29) is 12.1 Å². The maximum absolute atomic E-state index is 12.8. The van der Waals surface area contributed by atoms with Gasteiger partial charge in [-0.25, -0.2) is 14.8 Å². The van der Waals surface area contributed by atoms with Crippen LogP contribution in [-0.2, 0) is 16.9 Å². The first-order chi connectivity index (χ1) is 19.5. The number of terminal acetylenes is 1. The first-order valence-electron chi connectivity index (χ1n) is 13.2. The Kier molecular flexibility index (Phi) is 5.42. The van der Waals surface area contributed by atoms with Crippen LogP contribution in [0.4, 0.5) is 10.6 Å². The zero-order chi connectivity index (χ0) is 27.3. The van der Waals surface area contributed by atoms with Gasteiger partial charge in [0.25, 0.3) is 0 Å². The summed E-state index contributed by atoms with van der Waals surface area (Å²) in [5.74, 6) is 3.33. The van der Waals surface area contributed by atoms with Crippen molar-refractivity contribution in [2.24, 2.45) is 0 Å². The van der Waals surface area contributed by atoms with Crippen molar-refractivity contribution in [1.82, 2.24) is 34.8 Å². The number of nitrogens with one attached hydrogen (secondary N) is 1. The molecule has 7 rings (SSSR count). The molecule has 1 aromatic carbocycles. The van der Waals surface area contributed by atoms with Gasteiger partial charge < -0.3 is 20.4 Å². The maximum Gasteiger partial charge on any atom is 0.407 e. The summed E-state index contributed by atoms with van der Waals surface area (Å²) in [4.78, 5) is 34.7. The highest BCUT2D eigenvalue weighted by molar-refractivity contribution is 6.04. The van der Waals surface area contributed by atoms with Crippen LogP contribution in [-0.4, -0.2) is 41.1 Å². The van der Waals surface area contributed by atoms with Gasteiger partial charge in [-0.2, -0.15) is 0 Å². The smallest absolute Gasteiger partial charge is 0.407 e. The fourth-order valence-electron chi connectivity index (χ4n) is 6.67. The number of rotatable bonds is 5. The van der Waals surface area contributed by atoms with E-state index in [1.54, 1.807) is 18.6 Å². The van der Waals surface area contributed by atoms with E-state index >= 15 is 0 Å². The number of ether oxygens (including phenoxy) is 1. The molecule has 2 saturated carbocycles. The van der Waals surface area contributed by atoms with E-state index in [0.717, 1.165) is 53.1 Å². The highest BCUT2D eigenvalue weighted by Crippen LogP contribution is 2.57. The summed E-state index contributed by atoms with van der Waals surface area (Å²) in [5.41, 5.74) is 10.3. The van der Waals surface area contributed by atoms with Crippen LogP contribution in [0.3, 0.4) is 0 Å². The van der Waals surface area contributed by atoms with E-state index in [2.05, 4.69) is 41.8 Å². The minimum absolute atomic E-state index is 0.0593. The predicted octanol–water partition coefficient (Wildman–Crippen LogP) is 4.34. The number of para-hydroxylation sites is 1. The summed E-state index contributed by atoms with van der Waals surface area (Å²) in [6, 6.07) is 10.0. The first kappa shape index (κ1) is 24.0. The van der Waals surface area contributed by atoms with Crippen molar-refractivity contribution in [2.75, 3.05) is 5.73 Å². The molecule has 0 spiro atoms. The third kappa shape index (κ3) is 3.73. The molecule has 40 heavy (non-hydrogen) atoms. The number of amides is 1. The highest BCUT2D eigenvalue weighted by Gasteiger charge is 2.57. The molecule has 198 valence electrons. The van der Waals surface area contributed by atoms with Crippen LogP contribution in [0.2, 0.25) is 0 Å². The predicted molar refractivity (Wildman–Crippen MR) is 150 cm³/mol. The van der Waals surface area contributed by atoms with Crippen LogP contribution in [0, 0.1) is 12.3 Å². The Hall–Kier alpha value is -5.04. The Morgan fingerprint density at radius 3 is 2.75 bits per heavy atom. The number of carbonyl (C=O) groups excluding carboxylic acids is 1. The molecule has 0 radical (unpaired) electrons. The number of aromatic nitrogens is 6. The largest absolute Gasteiger partial charge is 0.443 e. The lowest BCUT2D eigenvalue weighted by molar-refractivity contribution is 0.125. The fourth-order valence-corrected chi connectivity index (χ4v) is 6.67. The van der Waals surface area contributed by atoms with Gasteiger partial charge in [0.1, 0.15) is 30.1 Å². The second-order valence-corrected chi connectivity index (χ2v) is 10.7. The molecule has 4 heterocycles. The lowest BCUT2D eigenvalue weighted by atomic mass is 9.91. The molecule has 0 atom stereocenters. The van der Waals surface area contributed by atoms with Crippen molar-refractivity contribution >= 4 is 33.8 Å². The number of anilines is 1. The Labute approximate surface area is 230 Å². The van der Waals surface area contributed by atoms with Crippen LogP contribution in [0.1, 0.15) is 43.5 Å². The van der Waals surface area contributed by atoms with Crippen LogP contribution in [0.15, 0.2) is 61.4 Å². The van der Waals surface area contributed by atoms with Crippen molar-refractivity contribution in [3.8, 4) is 23.5 Å². The Balaban J connectivity index is 1.26. The summed E-state index contributed by atoms with van der Waals surface area (Å²) < 4.78 is 7.64. The van der Waals surface area contributed by atoms with Crippen LogP contribution >= 0.6 is 0 Å². The molecule has 4 aromatic heterocycles. The molecule has 5 aromatic rings. The molecule has 0 unspecified atom stereocenters. The minimum Gasteiger partial charge on any atom is -0.443 e. The molecule has 0 aliphatic heterocycles. The SMILES string of the molecule is C#Cc1c(-c2cnc3ccccc3c2)c2c(N)ncnc2n1C12CCC(NC(=O)OCc3cnccn3)(CC1)C2. The zero-order valence-corrected chi connectivity index (χ0v) is 21.7. The van der Waals surface area contributed by atoms with Crippen molar-refractivity contribution in [2.45, 2.75) is 49.8 Å². The number of nitrogens with zero attached hydrogens (tertiary/aromatic N) is 6. The van der Waals surface area contributed by atoms with Gasteiger partial charge in [0.2, 0.25) is 0 Å². The van der Waals surface area contributed by atoms with Crippen molar-refractivity contribution in [1.29, 1.82) is 0 Å². The Morgan fingerprint density at radius 2 is 1.95 bits per heavy atom. The van der Waals surface area contributed by atoms with E-state index in [9.17, 15) is 4.79 Å². The molecule has 0 saturated heterocycles. The standard InChI is InChI=1S/C30H26N8O2/c1-2-23-24(20-13-19-5-3-4-6-22(19)34-14-20)25-26(31)35-18-36-27(25)38(23)30-9-7-29(17-30,8-10-30)37-28(39)40-16-21-15-32-11-12-33-21/h1,3-6,11-15,18H,7-10,16-17H2,(H,37,39)(H2,31,35,36). The number of pyridine rings is 1. The summed E-state index contributed by atoms with van der Waals surface area (Å²) in [6.45, 7) is 0.0593. The average Bonchev–Trinajstić information content (AvgIpc) is 3.65. The Bertz CT molecular complexity index is 1820. The summed E-state index contributed by atoms with van der Waals surface area (Å²) in [7, 11) is 0. The lowest BCUT2D eigenvalue weighted by Gasteiger charge is -2.30. The number of alkyl carbamates (subject to hydrolysis) is 1. The van der Waals surface area contributed by atoms with E-state index in [1.807, 2.05) is 30.5 Å². The van der Waals surface area contributed by atoms with Crippen LogP contribution in [0.5, 0.6) is 0 Å². The molecule has 10 nitrogen and oxygen atoms in total. The van der Waals surface area contributed by atoms with E-state index in [0.29, 0.717) is 29.3 Å². The zero-order valence-electron chi connectivity index (χ0n) is 21.7. The maximum atomic E-state index is 12.8. The number of nitrogen functional groups attached to an aromatic ring is 1. The molecule has 10 heteroatoms. The molecule has 2 aliphatic rings. The van der Waals surface area contributed by atoms with Crippen LogP contribution in [0.25, 0.3) is 33.1 Å². The first-order valence-corrected chi connectivity index (χ1v) is 13.2. The van der Waals surface area contributed by atoms with E-state index < -0.39 is 11.6 Å². The number of nitrogens with two attached hydrogens (primary N) is 1. The highest BCUT2D eigenvalue weighted by atomic mass is 16.5. The molecular weight excluding hydrogens is 504 g/mol. The van der Waals surface area contributed by atoms with Crippen LogP contribution < -0.4 is 11.1 Å². The summed E-state index contributed by atoms with van der Waals surface area (Å²) in [5, 5.41) is 4.89. The number of benzene rings is 1. The lowest BCUT2D eigenvalue weighted by Crippen LogP contribution is -2.45. The van der Waals surface area contributed by atoms with Crippen molar-refractivity contribution < 1.29 is 9.53 Å². The number of hydrogen-bond donors (Lipinski definition) is 2. The fraction of sp³-hybridized carbons (Fsp3) is 0.267. The molecule has 2 fully saturated rings. The number of fused-ring (bicyclic) bond motifs is 4. The van der Waals surface area contributed by atoms with Gasteiger partial charge in [-0.1, -0.05) is 24.1 Å². The monoisotopic (exact) mass is 530 g/mol. The quantitative estimate of drug-likeness (QED) is 0.321. The molecule has 3 N–H and O–H groups in total. The van der Waals surface area contributed by atoms with Gasteiger partial charge in [-0.05, 0) is 44.2 Å². The third-order valence-corrected chi connectivity index (χ3v) is 8.41. The summed E-state index contributed by atoms with van der Waals surface area (Å²) >= 11 is 0. The van der Waals surface area contributed by atoms with Gasteiger partial charge in [-0.15, -0.1) is 6.42 Å². The van der Waals surface area contributed by atoms with E-state index in [4.69, 9.17) is 21.9 Å². The second-order valence-electron chi connectivity index (χ2n) is 10.7. The molecule has 2 bridgehead atoms. The van der Waals surface area contributed by atoms with Crippen molar-refractivity contribution in [3.63, 3.8) is 0 Å². The second kappa shape index (κ2) is 9.02. The molecule has 2 aliphatic carbocycles. The van der Waals surface area contributed by atoms with Gasteiger partial charge in [0, 0.05) is 46.2 Å². The number of hydrogen-bond acceptors (Lipinski definition) is 8. The summed E-state index contributed by atoms with van der Waals surface area (Å²) in [6.07, 6.45) is 17.8. The van der Waals surface area contributed by atoms with E-state index in [1.165, 1.54) is 6.33 Å². The Morgan fingerprint density at radius 1 is 1.10 bits per heavy atom. The van der Waals surface area contributed by atoms with Gasteiger partial charge in [0.15, 0.2) is 0 Å². The van der Waals surface area contributed by atoms with Gasteiger partial charge in [-0.3, -0.25) is 15.0 Å². The third-order valence-electron chi connectivity index (χ3n) is 8.41. The van der Waals surface area contributed by atoms with Gasteiger partial charge in [0.05, 0.1) is 22.8 Å². The minimum atomic E-state index is -0.465. The molecular formula is C30H26N8O2. The molecule has 1 amide bonds. The topological polar surface area (TPSA) is 134 Å². The van der Waals surface area contributed by atoms with Gasteiger partial charge >= 0.3 is 6.09 Å². The normalized spacial score (nSPS) is 21.5. The van der Waals surface area contributed by atoms with Crippen molar-refractivity contribution in [3.05, 3.63) is 72.8 Å². The number of carbonyl (C=O) groups is 1.